The number of carboxylic acids is 1. The van der Waals surface area contributed by atoms with Crippen molar-refractivity contribution < 1.29 is 28.3 Å². The Morgan fingerprint density at radius 2 is 1.81 bits per heavy atom. The van der Waals surface area contributed by atoms with Crippen molar-refractivity contribution in [2.24, 2.45) is 5.73 Å². The summed E-state index contributed by atoms with van der Waals surface area (Å²) in [6.07, 6.45) is 0. The van der Waals surface area contributed by atoms with Gasteiger partial charge >= 0.3 is 19.6 Å². The second-order valence-electron chi connectivity index (χ2n) is 2.62. The van der Waals surface area contributed by atoms with Crippen LogP contribution in [0.1, 0.15) is 13.8 Å². The molecule has 0 aliphatic heterocycles. The molecule has 0 spiro atoms. The average Bonchev–Trinajstić information content (AvgIpc) is 2.14. The third-order valence-corrected chi connectivity index (χ3v) is 3.67. The first-order valence-electron chi connectivity index (χ1n) is 4.55. The first-order valence-corrected chi connectivity index (χ1v) is 6.16. The number of nitrogens with one attached hydrogen (secondary N) is 1. The SMILES string of the molecule is CCOP(=O)(OCC)[C@@H](NC(N)=O)C(=O)O. The fraction of sp³-hybridized carbons (Fsp3) is 0.714. The van der Waals surface area contributed by atoms with Gasteiger partial charge in [0.1, 0.15) is 0 Å². The van der Waals surface area contributed by atoms with Gasteiger partial charge in [0, 0.05) is 0 Å². The Morgan fingerprint density at radius 1 is 1.38 bits per heavy atom. The van der Waals surface area contributed by atoms with Crippen molar-refractivity contribution >= 4 is 19.6 Å². The lowest BCUT2D eigenvalue weighted by atomic mass is 10.6. The Balaban J connectivity index is 5.01. The molecule has 0 aliphatic rings. The van der Waals surface area contributed by atoms with E-state index >= 15 is 0 Å². The molecule has 16 heavy (non-hydrogen) atoms. The van der Waals surface area contributed by atoms with E-state index in [-0.39, 0.29) is 13.2 Å². The van der Waals surface area contributed by atoms with Crippen LogP contribution in [-0.2, 0) is 18.4 Å². The van der Waals surface area contributed by atoms with E-state index < -0.39 is 25.4 Å². The third-order valence-electron chi connectivity index (χ3n) is 1.45. The monoisotopic (exact) mass is 254 g/mol. The minimum absolute atomic E-state index is 0.0124. The van der Waals surface area contributed by atoms with Gasteiger partial charge in [0.2, 0.25) is 5.78 Å². The molecule has 0 radical (unpaired) electrons. The molecule has 0 heterocycles. The van der Waals surface area contributed by atoms with Crippen molar-refractivity contribution in [2.45, 2.75) is 19.6 Å². The molecule has 0 bridgehead atoms. The van der Waals surface area contributed by atoms with Crippen LogP contribution in [0.3, 0.4) is 0 Å². The highest BCUT2D eigenvalue weighted by atomic mass is 31.2. The minimum atomic E-state index is -3.95. The Hall–Kier alpha value is -1.11. The molecular formula is C7H15N2O6P. The second-order valence-corrected chi connectivity index (χ2v) is 4.74. The number of carbonyl (C=O) groups is 2. The van der Waals surface area contributed by atoms with Crippen molar-refractivity contribution in [1.82, 2.24) is 5.32 Å². The van der Waals surface area contributed by atoms with Crippen LogP contribution in [0.25, 0.3) is 0 Å². The largest absolute Gasteiger partial charge is 0.479 e. The van der Waals surface area contributed by atoms with Gasteiger partial charge < -0.3 is 25.2 Å². The molecule has 0 unspecified atom stereocenters. The van der Waals surface area contributed by atoms with Gasteiger partial charge in [0.15, 0.2) is 0 Å². The van der Waals surface area contributed by atoms with E-state index in [2.05, 4.69) is 0 Å². The molecule has 0 fully saturated rings. The highest BCUT2D eigenvalue weighted by Crippen LogP contribution is 2.51. The molecule has 1 atom stereocenters. The maximum atomic E-state index is 12.0. The topological polar surface area (TPSA) is 128 Å². The van der Waals surface area contributed by atoms with Crippen LogP contribution in [0.4, 0.5) is 4.79 Å². The number of nitrogens with two attached hydrogens (primary N) is 1. The number of aliphatic carboxylic acids is 1. The van der Waals surface area contributed by atoms with Gasteiger partial charge in [-0.1, -0.05) is 0 Å². The highest BCUT2D eigenvalue weighted by molar-refractivity contribution is 7.55. The molecule has 0 aromatic heterocycles. The van der Waals surface area contributed by atoms with Gasteiger partial charge in [-0.25, -0.2) is 9.59 Å². The number of rotatable bonds is 7. The maximum Gasteiger partial charge on any atom is 0.364 e. The average molecular weight is 254 g/mol. The van der Waals surface area contributed by atoms with Gasteiger partial charge in [0.25, 0.3) is 0 Å². The van der Waals surface area contributed by atoms with Crippen molar-refractivity contribution in [1.29, 1.82) is 0 Å². The highest BCUT2D eigenvalue weighted by Gasteiger charge is 2.42. The number of primary amides is 1. The number of hydrogen-bond donors (Lipinski definition) is 3. The van der Waals surface area contributed by atoms with Crippen molar-refractivity contribution in [3.63, 3.8) is 0 Å². The van der Waals surface area contributed by atoms with Gasteiger partial charge in [-0.2, -0.15) is 0 Å². The molecule has 0 saturated carbocycles. The molecule has 0 aromatic rings. The Morgan fingerprint density at radius 3 is 2.06 bits per heavy atom. The summed E-state index contributed by atoms with van der Waals surface area (Å²) in [5.41, 5.74) is 4.77. The second kappa shape index (κ2) is 6.47. The number of carbonyl (C=O) groups excluding carboxylic acids is 1. The fourth-order valence-corrected chi connectivity index (χ4v) is 2.61. The van der Waals surface area contributed by atoms with Crippen LogP contribution in [0, 0.1) is 0 Å². The summed E-state index contributed by atoms with van der Waals surface area (Å²) in [5.74, 6) is -3.34. The molecule has 0 rings (SSSR count). The zero-order valence-electron chi connectivity index (χ0n) is 9.00. The molecule has 0 saturated heterocycles. The van der Waals surface area contributed by atoms with Crippen LogP contribution in [0.5, 0.6) is 0 Å². The van der Waals surface area contributed by atoms with E-state index in [1.165, 1.54) is 13.8 Å². The maximum absolute atomic E-state index is 12.0. The van der Waals surface area contributed by atoms with Crippen molar-refractivity contribution in [3.8, 4) is 0 Å². The summed E-state index contributed by atoms with van der Waals surface area (Å²) in [7, 11) is -3.95. The zero-order valence-corrected chi connectivity index (χ0v) is 9.90. The lowest BCUT2D eigenvalue weighted by Gasteiger charge is -2.23. The Labute approximate surface area is 92.6 Å². The molecule has 0 aromatic carbocycles. The standard InChI is InChI=1S/C7H15N2O6P/c1-3-14-16(13,15-4-2)5(6(10)11)9-7(8)12/h5H,3-4H2,1-2H3,(H,10,11)(H3,8,9,12)/t5-/m1/s1. The summed E-state index contributed by atoms with van der Waals surface area (Å²) in [5, 5.41) is 10.6. The molecule has 4 N–H and O–H groups in total. The molecule has 8 nitrogen and oxygen atoms in total. The molecule has 2 amide bonds. The number of amides is 2. The molecule has 94 valence electrons. The van der Waals surface area contributed by atoms with Gasteiger partial charge in [-0.3, -0.25) is 4.57 Å². The van der Waals surface area contributed by atoms with Crippen LogP contribution >= 0.6 is 7.60 Å². The van der Waals surface area contributed by atoms with Crippen molar-refractivity contribution in [2.75, 3.05) is 13.2 Å². The molecular weight excluding hydrogens is 239 g/mol. The van der Waals surface area contributed by atoms with E-state index in [9.17, 15) is 14.2 Å². The van der Waals surface area contributed by atoms with E-state index in [0.717, 1.165) is 0 Å². The van der Waals surface area contributed by atoms with E-state index in [0.29, 0.717) is 0 Å². The Kier molecular flexibility index (Phi) is 6.02. The van der Waals surface area contributed by atoms with E-state index in [1.807, 2.05) is 5.32 Å². The Bertz CT molecular complexity index is 297. The predicted molar refractivity (Wildman–Crippen MR) is 55.0 cm³/mol. The number of hydrogen-bond acceptors (Lipinski definition) is 5. The van der Waals surface area contributed by atoms with Crippen LogP contribution in [0.2, 0.25) is 0 Å². The van der Waals surface area contributed by atoms with Gasteiger partial charge in [-0.15, -0.1) is 0 Å². The van der Waals surface area contributed by atoms with Crippen LogP contribution < -0.4 is 11.1 Å². The van der Waals surface area contributed by atoms with Gasteiger partial charge in [-0.05, 0) is 13.8 Å². The number of carboxylic acid groups (broad SMARTS) is 1. The molecule has 9 heteroatoms. The van der Waals surface area contributed by atoms with Gasteiger partial charge in [0.05, 0.1) is 13.2 Å². The predicted octanol–water partition coefficient (Wildman–Crippen LogP) is 0.332. The minimum Gasteiger partial charge on any atom is -0.479 e. The summed E-state index contributed by atoms with van der Waals surface area (Å²) in [6, 6.07) is -1.12. The molecule has 0 aliphatic carbocycles. The summed E-state index contributed by atoms with van der Waals surface area (Å²) in [6.45, 7) is 3.02. The summed E-state index contributed by atoms with van der Waals surface area (Å²) in [4.78, 5) is 21.4. The normalized spacial score (nSPS) is 13.1. The summed E-state index contributed by atoms with van der Waals surface area (Å²) < 4.78 is 21.5. The summed E-state index contributed by atoms with van der Waals surface area (Å²) >= 11 is 0. The fourth-order valence-electron chi connectivity index (χ4n) is 0.957. The smallest absolute Gasteiger partial charge is 0.364 e. The zero-order chi connectivity index (χ0) is 12.8. The van der Waals surface area contributed by atoms with Crippen LogP contribution in [0.15, 0.2) is 0 Å². The first kappa shape index (κ1) is 14.9. The van der Waals surface area contributed by atoms with Crippen molar-refractivity contribution in [3.05, 3.63) is 0 Å². The van der Waals surface area contributed by atoms with E-state index in [4.69, 9.17) is 19.9 Å². The van der Waals surface area contributed by atoms with E-state index in [1.54, 1.807) is 0 Å². The lowest BCUT2D eigenvalue weighted by molar-refractivity contribution is -0.137. The van der Waals surface area contributed by atoms with Crippen LogP contribution in [-0.4, -0.2) is 36.1 Å². The third kappa shape index (κ3) is 4.18. The number of urea groups is 1. The first-order chi connectivity index (χ1) is 7.37. The lowest BCUT2D eigenvalue weighted by Crippen LogP contribution is -2.44. The quantitative estimate of drug-likeness (QED) is 0.561.